The molecule has 2 aliphatic heterocycles. The van der Waals surface area contributed by atoms with E-state index in [0.29, 0.717) is 11.6 Å². The van der Waals surface area contributed by atoms with E-state index in [0.717, 1.165) is 51.3 Å². The molecule has 1 aromatic carbocycles. The van der Waals surface area contributed by atoms with Crippen LogP contribution in [0.15, 0.2) is 18.2 Å². The number of hydrogen-bond acceptors (Lipinski definition) is 3. The van der Waals surface area contributed by atoms with Gasteiger partial charge < -0.3 is 10.2 Å². The molecule has 4 nitrogen and oxygen atoms in total. The molecule has 5 heteroatoms. The van der Waals surface area contributed by atoms with Gasteiger partial charge in [-0.25, -0.2) is 4.39 Å². The molecule has 21 heavy (non-hydrogen) atoms. The molecule has 0 bridgehead atoms. The minimum absolute atomic E-state index is 0.0461. The van der Waals surface area contributed by atoms with E-state index in [1.165, 1.54) is 12.1 Å². The second-order valence-corrected chi connectivity index (χ2v) is 6.00. The third kappa shape index (κ3) is 3.24. The molecule has 114 valence electrons. The first-order valence-electron chi connectivity index (χ1n) is 7.65. The van der Waals surface area contributed by atoms with E-state index in [-0.39, 0.29) is 11.7 Å². The number of halogens is 1. The Balaban J connectivity index is 1.66. The summed E-state index contributed by atoms with van der Waals surface area (Å²) in [6, 6.07) is 5.01. The zero-order chi connectivity index (χ0) is 14.8. The summed E-state index contributed by atoms with van der Waals surface area (Å²) in [4.78, 5) is 16.8. The summed E-state index contributed by atoms with van der Waals surface area (Å²) in [5.74, 6) is -0.383. The Bertz CT molecular complexity index is 508. The second-order valence-electron chi connectivity index (χ2n) is 6.00. The quantitative estimate of drug-likeness (QED) is 0.891. The van der Waals surface area contributed by atoms with Crippen molar-refractivity contribution in [3.8, 4) is 0 Å². The first-order valence-corrected chi connectivity index (χ1v) is 7.65. The molecular formula is C16H22FN3O. The Labute approximate surface area is 124 Å². The first-order chi connectivity index (χ1) is 10.1. The van der Waals surface area contributed by atoms with Crippen LogP contribution < -0.4 is 5.32 Å². The number of hydrogen-bond donors (Lipinski definition) is 1. The molecule has 0 radical (unpaired) electrons. The van der Waals surface area contributed by atoms with Crippen LogP contribution in [0.3, 0.4) is 0 Å². The van der Waals surface area contributed by atoms with Crippen molar-refractivity contribution in [3.05, 3.63) is 35.1 Å². The van der Waals surface area contributed by atoms with Gasteiger partial charge in [0.05, 0.1) is 0 Å². The largest absolute Gasteiger partial charge is 0.337 e. The van der Waals surface area contributed by atoms with Crippen molar-refractivity contribution in [2.75, 3.05) is 39.3 Å². The molecule has 2 fully saturated rings. The van der Waals surface area contributed by atoms with E-state index in [1.54, 1.807) is 6.07 Å². The zero-order valence-electron chi connectivity index (χ0n) is 12.4. The SMILES string of the molecule is Cc1cc(F)cc(C(=O)N2CCC(N3CCNCC3)C2)c1. The van der Waals surface area contributed by atoms with E-state index in [4.69, 9.17) is 0 Å². The summed E-state index contributed by atoms with van der Waals surface area (Å²) < 4.78 is 13.5. The van der Waals surface area contributed by atoms with Gasteiger partial charge in [-0.15, -0.1) is 0 Å². The number of aryl methyl sites for hydroxylation is 1. The molecule has 2 saturated heterocycles. The second kappa shape index (κ2) is 6.12. The molecule has 1 N–H and O–H groups in total. The summed E-state index contributed by atoms with van der Waals surface area (Å²) in [7, 11) is 0. The fourth-order valence-electron chi connectivity index (χ4n) is 3.31. The molecule has 0 spiro atoms. The molecule has 0 saturated carbocycles. The average Bonchev–Trinajstić information content (AvgIpc) is 2.96. The third-order valence-electron chi connectivity index (χ3n) is 4.41. The van der Waals surface area contributed by atoms with Gasteiger partial charge in [-0.3, -0.25) is 9.69 Å². The van der Waals surface area contributed by atoms with Gasteiger partial charge in [0.2, 0.25) is 0 Å². The molecular weight excluding hydrogens is 269 g/mol. The van der Waals surface area contributed by atoms with E-state index >= 15 is 0 Å². The Hall–Kier alpha value is -1.46. The predicted octanol–water partition coefficient (Wildman–Crippen LogP) is 1.25. The van der Waals surface area contributed by atoms with Gasteiger partial charge in [0.15, 0.2) is 0 Å². The van der Waals surface area contributed by atoms with Crippen LogP contribution >= 0.6 is 0 Å². The molecule has 1 aromatic rings. The van der Waals surface area contributed by atoms with E-state index in [9.17, 15) is 9.18 Å². The van der Waals surface area contributed by atoms with Crippen LogP contribution in [0.1, 0.15) is 22.3 Å². The first kappa shape index (κ1) is 14.5. The number of benzene rings is 1. The van der Waals surface area contributed by atoms with Gasteiger partial charge in [0.25, 0.3) is 5.91 Å². The van der Waals surface area contributed by atoms with Crippen molar-refractivity contribution in [1.29, 1.82) is 0 Å². The zero-order valence-corrected chi connectivity index (χ0v) is 12.4. The highest BCUT2D eigenvalue weighted by Crippen LogP contribution is 2.19. The Morgan fingerprint density at radius 1 is 1.24 bits per heavy atom. The highest BCUT2D eigenvalue weighted by molar-refractivity contribution is 5.94. The predicted molar refractivity (Wildman–Crippen MR) is 79.9 cm³/mol. The topological polar surface area (TPSA) is 35.6 Å². The third-order valence-corrected chi connectivity index (χ3v) is 4.41. The van der Waals surface area contributed by atoms with Gasteiger partial charge in [-0.1, -0.05) is 0 Å². The molecule has 0 aromatic heterocycles. The number of likely N-dealkylation sites (tertiary alicyclic amines) is 1. The van der Waals surface area contributed by atoms with E-state index in [2.05, 4.69) is 10.2 Å². The van der Waals surface area contributed by atoms with Crippen LogP contribution in [-0.2, 0) is 0 Å². The minimum Gasteiger partial charge on any atom is -0.337 e. The van der Waals surface area contributed by atoms with E-state index in [1.807, 2.05) is 11.8 Å². The van der Waals surface area contributed by atoms with Crippen molar-refractivity contribution in [2.24, 2.45) is 0 Å². The van der Waals surface area contributed by atoms with Crippen LogP contribution in [0.2, 0.25) is 0 Å². The monoisotopic (exact) mass is 291 g/mol. The van der Waals surface area contributed by atoms with Gasteiger partial charge in [0.1, 0.15) is 5.82 Å². The molecule has 2 heterocycles. The lowest BCUT2D eigenvalue weighted by Crippen LogP contribution is -2.49. The fourth-order valence-corrected chi connectivity index (χ4v) is 3.31. The van der Waals surface area contributed by atoms with Gasteiger partial charge in [0, 0.05) is 50.9 Å². The van der Waals surface area contributed by atoms with Crippen LogP contribution in [0.4, 0.5) is 4.39 Å². The standard InChI is InChI=1S/C16H22FN3O/c1-12-8-13(10-14(17)9-12)16(21)20-5-2-15(11-20)19-6-3-18-4-7-19/h8-10,15,18H,2-7,11H2,1H3. The molecule has 1 atom stereocenters. The van der Waals surface area contributed by atoms with Crippen molar-refractivity contribution in [3.63, 3.8) is 0 Å². The van der Waals surface area contributed by atoms with Gasteiger partial charge in [-0.2, -0.15) is 0 Å². The van der Waals surface area contributed by atoms with Crippen LogP contribution in [0.5, 0.6) is 0 Å². The Morgan fingerprint density at radius 2 is 2.00 bits per heavy atom. The van der Waals surface area contributed by atoms with Crippen LogP contribution in [0.25, 0.3) is 0 Å². The summed E-state index contributed by atoms with van der Waals surface area (Å²) in [5.41, 5.74) is 1.25. The number of carbonyl (C=O) groups is 1. The summed E-state index contributed by atoms with van der Waals surface area (Å²) in [5, 5.41) is 3.35. The average molecular weight is 291 g/mol. The maximum absolute atomic E-state index is 13.5. The minimum atomic E-state index is -0.337. The van der Waals surface area contributed by atoms with Gasteiger partial charge in [-0.05, 0) is 37.1 Å². The van der Waals surface area contributed by atoms with Crippen molar-refractivity contribution >= 4 is 5.91 Å². The maximum atomic E-state index is 13.5. The highest BCUT2D eigenvalue weighted by atomic mass is 19.1. The normalized spacial score (nSPS) is 23.5. The van der Waals surface area contributed by atoms with Crippen LogP contribution in [0, 0.1) is 12.7 Å². The molecule has 2 aliphatic rings. The Morgan fingerprint density at radius 3 is 2.71 bits per heavy atom. The Kier molecular flexibility index (Phi) is 4.22. The molecule has 3 rings (SSSR count). The van der Waals surface area contributed by atoms with E-state index < -0.39 is 0 Å². The van der Waals surface area contributed by atoms with Gasteiger partial charge >= 0.3 is 0 Å². The summed E-state index contributed by atoms with van der Waals surface area (Å²) >= 11 is 0. The van der Waals surface area contributed by atoms with Crippen molar-refractivity contribution in [1.82, 2.24) is 15.1 Å². The number of rotatable bonds is 2. The smallest absolute Gasteiger partial charge is 0.254 e. The number of amides is 1. The molecule has 0 aliphatic carbocycles. The fraction of sp³-hybridized carbons (Fsp3) is 0.562. The number of carbonyl (C=O) groups excluding carboxylic acids is 1. The highest BCUT2D eigenvalue weighted by Gasteiger charge is 2.31. The van der Waals surface area contributed by atoms with Crippen molar-refractivity contribution < 1.29 is 9.18 Å². The lowest BCUT2D eigenvalue weighted by atomic mass is 10.1. The lowest BCUT2D eigenvalue weighted by molar-refractivity contribution is 0.0773. The molecule has 1 amide bonds. The number of nitrogens with one attached hydrogen (secondary N) is 1. The molecule has 1 unspecified atom stereocenters. The van der Waals surface area contributed by atoms with Crippen molar-refractivity contribution in [2.45, 2.75) is 19.4 Å². The van der Waals surface area contributed by atoms with Crippen LogP contribution in [-0.4, -0.2) is 61.0 Å². The lowest BCUT2D eigenvalue weighted by Gasteiger charge is -2.32. The maximum Gasteiger partial charge on any atom is 0.254 e. The number of piperazine rings is 1. The summed E-state index contributed by atoms with van der Waals surface area (Å²) in [6.07, 6.45) is 1.01. The number of nitrogens with zero attached hydrogens (tertiary/aromatic N) is 2. The summed E-state index contributed by atoms with van der Waals surface area (Å²) in [6.45, 7) is 7.48.